The third kappa shape index (κ3) is 5.02. The highest BCUT2D eigenvalue weighted by atomic mass is 35.5. The SMILES string of the molecule is CCOc1ccccc1CNS(=O)(=O)Cc1ccc(Cl)cc1. The number of hydrogen-bond acceptors (Lipinski definition) is 3. The third-order valence-corrected chi connectivity index (χ3v) is 4.57. The minimum Gasteiger partial charge on any atom is -0.494 e. The van der Waals surface area contributed by atoms with E-state index in [-0.39, 0.29) is 12.3 Å². The maximum Gasteiger partial charge on any atom is 0.216 e. The summed E-state index contributed by atoms with van der Waals surface area (Å²) in [5, 5.41) is 0.583. The molecule has 0 amide bonds. The van der Waals surface area contributed by atoms with Gasteiger partial charge in [-0.2, -0.15) is 0 Å². The van der Waals surface area contributed by atoms with Gasteiger partial charge in [-0.3, -0.25) is 0 Å². The Morgan fingerprint density at radius 3 is 2.45 bits per heavy atom. The number of benzene rings is 2. The van der Waals surface area contributed by atoms with Crippen molar-refractivity contribution in [3.05, 3.63) is 64.7 Å². The van der Waals surface area contributed by atoms with Gasteiger partial charge in [-0.25, -0.2) is 13.1 Å². The molecule has 2 rings (SSSR count). The molecule has 6 heteroatoms. The van der Waals surface area contributed by atoms with Crippen molar-refractivity contribution in [2.24, 2.45) is 0 Å². The van der Waals surface area contributed by atoms with Crippen LogP contribution in [0.1, 0.15) is 18.1 Å². The van der Waals surface area contributed by atoms with Gasteiger partial charge in [-0.05, 0) is 30.7 Å². The van der Waals surface area contributed by atoms with Gasteiger partial charge in [0.15, 0.2) is 0 Å². The topological polar surface area (TPSA) is 55.4 Å². The van der Waals surface area contributed by atoms with Crippen LogP contribution in [0.15, 0.2) is 48.5 Å². The molecular formula is C16H18ClNO3S. The first-order valence-electron chi connectivity index (χ1n) is 6.92. The summed E-state index contributed by atoms with van der Waals surface area (Å²) in [6, 6.07) is 14.1. The molecule has 2 aromatic rings. The first-order valence-corrected chi connectivity index (χ1v) is 8.95. The Balaban J connectivity index is 2.02. The van der Waals surface area contributed by atoms with Crippen molar-refractivity contribution >= 4 is 21.6 Å². The molecule has 0 atom stereocenters. The molecule has 0 aliphatic rings. The largest absolute Gasteiger partial charge is 0.494 e. The molecule has 0 heterocycles. The monoisotopic (exact) mass is 339 g/mol. The first-order chi connectivity index (χ1) is 10.5. The summed E-state index contributed by atoms with van der Waals surface area (Å²) in [7, 11) is -3.43. The van der Waals surface area contributed by atoms with E-state index in [1.54, 1.807) is 24.3 Å². The highest BCUT2D eigenvalue weighted by Crippen LogP contribution is 2.18. The van der Waals surface area contributed by atoms with Gasteiger partial charge in [-0.15, -0.1) is 0 Å². The molecule has 0 bridgehead atoms. The summed E-state index contributed by atoms with van der Waals surface area (Å²) in [5.74, 6) is 0.611. The standard InChI is InChI=1S/C16H18ClNO3S/c1-2-21-16-6-4-3-5-14(16)11-18-22(19,20)12-13-7-9-15(17)10-8-13/h3-10,18H,2,11-12H2,1H3. The second kappa shape index (κ2) is 7.63. The van der Waals surface area contributed by atoms with Crippen molar-refractivity contribution in [2.75, 3.05) is 6.61 Å². The smallest absolute Gasteiger partial charge is 0.216 e. The molecule has 0 saturated carbocycles. The predicted octanol–water partition coefficient (Wildman–Crippen LogP) is 3.36. The van der Waals surface area contributed by atoms with E-state index in [2.05, 4.69) is 4.72 Å². The number of sulfonamides is 1. The van der Waals surface area contributed by atoms with Gasteiger partial charge >= 0.3 is 0 Å². The number of halogens is 1. The lowest BCUT2D eigenvalue weighted by Crippen LogP contribution is -2.25. The van der Waals surface area contributed by atoms with E-state index in [0.29, 0.717) is 22.9 Å². The molecule has 0 saturated heterocycles. The fourth-order valence-electron chi connectivity index (χ4n) is 1.98. The van der Waals surface area contributed by atoms with E-state index in [1.165, 1.54) is 0 Å². The highest BCUT2D eigenvalue weighted by Gasteiger charge is 2.12. The molecule has 22 heavy (non-hydrogen) atoms. The average Bonchev–Trinajstić information content (AvgIpc) is 2.49. The van der Waals surface area contributed by atoms with Crippen molar-refractivity contribution in [3.63, 3.8) is 0 Å². The van der Waals surface area contributed by atoms with Crippen LogP contribution in [0.5, 0.6) is 5.75 Å². The lowest BCUT2D eigenvalue weighted by atomic mass is 10.2. The van der Waals surface area contributed by atoms with Crippen LogP contribution in [-0.2, 0) is 22.3 Å². The van der Waals surface area contributed by atoms with Crippen LogP contribution in [0, 0.1) is 0 Å². The molecule has 0 fully saturated rings. The van der Waals surface area contributed by atoms with Gasteiger partial charge < -0.3 is 4.74 Å². The van der Waals surface area contributed by atoms with Crippen molar-refractivity contribution in [2.45, 2.75) is 19.2 Å². The van der Waals surface area contributed by atoms with Crippen LogP contribution in [-0.4, -0.2) is 15.0 Å². The summed E-state index contributed by atoms with van der Waals surface area (Å²) < 4.78 is 32.4. The Labute approximate surface area is 136 Å². The van der Waals surface area contributed by atoms with Crippen LogP contribution in [0.4, 0.5) is 0 Å². The highest BCUT2D eigenvalue weighted by molar-refractivity contribution is 7.88. The molecule has 0 aromatic heterocycles. The molecule has 0 aliphatic heterocycles. The summed E-state index contributed by atoms with van der Waals surface area (Å²) in [4.78, 5) is 0. The van der Waals surface area contributed by atoms with E-state index < -0.39 is 10.0 Å². The normalized spacial score (nSPS) is 11.4. The predicted molar refractivity (Wildman–Crippen MR) is 88.5 cm³/mol. The summed E-state index contributed by atoms with van der Waals surface area (Å²) in [6.45, 7) is 2.63. The molecule has 1 N–H and O–H groups in total. The molecule has 0 unspecified atom stereocenters. The Morgan fingerprint density at radius 1 is 1.09 bits per heavy atom. The molecule has 4 nitrogen and oxygen atoms in total. The van der Waals surface area contributed by atoms with Gasteiger partial charge in [0, 0.05) is 17.1 Å². The summed E-state index contributed by atoms with van der Waals surface area (Å²) >= 11 is 5.79. The zero-order chi connectivity index (χ0) is 16.0. The minimum atomic E-state index is -3.43. The van der Waals surface area contributed by atoms with Crippen molar-refractivity contribution in [3.8, 4) is 5.75 Å². The second-order valence-corrected chi connectivity index (χ2v) is 6.99. The molecule has 0 spiro atoms. The van der Waals surface area contributed by atoms with Crippen molar-refractivity contribution in [1.82, 2.24) is 4.72 Å². The molecule has 118 valence electrons. The fraction of sp³-hybridized carbons (Fsp3) is 0.250. The second-order valence-electron chi connectivity index (χ2n) is 4.75. The van der Waals surface area contributed by atoms with Crippen LogP contribution < -0.4 is 9.46 Å². The van der Waals surface area contributed by atoms with E-state index in [9.17, 15) is 8.42 Å². The third-order valence-electron chi connectivity index (χ3n) is 3.02. The van der Waals surface area contributed by atoms with E-state index in [0.717, 1.165) is 5.56 Å². The molecular weight excluding hydrogens is 322 g/mol. The number of hydrogen-bond donors (Lipinski definition) is 1. The van der Waals surface area contributed by atoms with Crippen LogP contribution in [0.25, 0.3) is 0 Å². The Morgan fingerprint density at radius 2 is 1.77 bits per heavy atom. The molecule has 2 aromatic carbocycles. The van der Waals surface area contributed by atoms with Gasteiger partial charge in [0.05, 0.1) is 12.4 Å². The maximum absolute atomic E-state index is 12.1. The van der Waals surface area contributed by atoms with Gasteiger partial charge in [0.25, 0.3) is 0 Å². The maximum atomic E-state index is 12.1. The van der Waals surface area contributed by atoms with Gasteiger partial charge in [-0.1, -0.05) is 41.9 Å². The quantitative estimate of drug-likeness (QED) is 0.841. The van der Waals surface area contributed by atoms with Gasteiger partial charge in [0.2, 0.25) is 10.0 Å². The number of rotatable bonds is 7. The number of nitrogens with one attached hydrogen (secondary N) is 1. The minimum absolute atomic E-state index is 0.0824. The average molecular weight is 340 g/mol. The molecule has 0 radical (unpaired) electrons. The summed E-state index contributed by atoms with van der Waals surface area (Å²) in [5.41, 5.74) is 1.50. The lowest BCUT2D eigenvalue weighted by Gasteiger charge is -2.11. The van der Waals surface area contributed by atoms with E-state index in [1.807, 2.05) is 31.2 Å². The van der Waals surface area contributed by atoms with Crippen LogP contribution in [0.3, 0.4) is 0 Å². The summed E-state index contributed by atoms with van der Waals surface area (Å²) in [6.07, 6.45) is 0. The number of para-hydroxylation sites is 1. The fourth-order valence-corrected chi connectivity index (χ4v) is 3.22. The van der Waals surface area contributed by atoms with E-state index >= 15 is 0 Å². The van der Waals surface area contributed by atoms with Crippen LogP contribution in [0.2, 0.25) is 5.02 Å². The van der Waals surface area contributed by atoms with E-state index in [4.69, 9.17) is 16.3 Å². The van der Waals surface area contributed by atoms with Crippen molar-refractivity contribution in [1.29, 1.82) is 0 Å². The Bertz CT molecular complexity index is 714. The number of ether oxygens (including phenoxy) is 1. The Hall–Kier alpha value is -1.56. The van der Waals surface area contributed by atoms with Crippen LogP contribution >= 0.6 is 11.6 Å². The first kappa shape index (κ1) is 16.8. The molecule has 0 aliphatic carbocycles. The Kier molecular flexibility index (Phi) is 5.83. The van der Waals surface area contributed by atoms with Gasteiger partial charge in [0.1, 0.15) is 5.75 Å². The zero-order valence-corrected chi connectivity index (χ0v) is 13.8. The zero-order valence-electron chi connectivity index (χ0n) is 12.3. The van der Waals surface area contributed by atoms with Crippen molar-refractivity contribution < 1.29 is 13.2 Å². The lowest BCUT2D eigenvalue weighted by molar-refractivity contribution is 0.336.